The maximum absolute atomic E-state index is 5.97. The number of nitrogens with one attached hydrogen (secondary N) is 1. The fourth-order valence-electron chi connectivity index (χ4n) is 2.56. The van der Waals surface area contributed by atoms with Crippen LogP contribution in [-0.2, 0) is 6.42 Å². The summed E-state index contributed by atoms with van der Waals surface area (Å²) in [6, 6.07) is 20.5. The van der Waals surface area contributed by atoms with Gasteiger partial charge >= 0.3 is 0 Å². The Labute approximate surface area is 149 Å². The van der Waals surface area contributed by atoms with Crippen LogP contribution in [0.15, 0.2) is 65.7 Å². The van der Waals surface area contributed by atoms with Crippen LogP contribution in [0.5, 0.6) is 0 Å². The second-order valence-corrected chi connectivity index (χ2v) is 5.85. The van der Waals surface area contributed by atoms with Crippen LogP contribution in [0.3, 0.4) is 0 Å². The van der Waals surface area contributed by atoms with Gasteiger partial charge in [0.1, 0.15) is 0 Å². The molecule has 3 nitrogen and oxygen atoms in total. The van der Waals surface area contributed by atoms with Gasteiger partial charge in [-0.2, -0.15) is 0 Å². The van der Waals surface area contributed by atoms with Crippen LogP contribution in [0.25, 0.3) is 0 Å². The molecule has 116 valence electrons. The van der Waals surface area contributed by atoms with Crippen molar-refractivity contribution in [3.63, 3.8) is 0 Å². The van der Waals surface area contributed by atoms with Gasteiger partial charge in [-0.25, -0.2) is 0 Å². The van der Waals surface area contributed by atoms with Gasteiger partial charge in [0.25, 0.3) is 0 Å². The molecule has 2 aromatic carbocycles. The van der Waals surface area contributed by atoms with Crippen LogP contribution >= 0.6 is 24.0 Å². The fraction of sp³-hybridized carbons (Fsp3) is 0.278. The third-order valence-corrected chi connectivity index (χ3v) is 4.01. The van der Waals surface area contributed by atoms with E-state index in [2.05, 4.69) is 40.6 Å². The summed E-state index contributed by atoms with van der Waals surface area (Å²) in [5.41, 5.74) is 8.66. The number of benzene rings is 2. The molecule has 0 unspecified atom stereocenters. The first-order valence-electron chi connectivity index (χ1n) is 7.42. The zero-order chi connectivity index (χ0) is 14.5. The molecule has 3 rings (SSSR count). The van der Waals surface area contributed by atoms with E-state index in [0.717, 1.165) is 18.7 Å². The monoisotopic (exact) mass is 407 g/mol. The predicted octanol–water partition coefficient (Wildman–Crippen LogP) is 4.05. The molecule has 1 fully saturated rings. The van der Waals surface area contributed by atoms with Gasteiger partial charge in [-0.15, -0.1) is 24.0 Å². The van der Waals surface area contributed by atoms with Gasteiger partial charge in [-0.1, -0.05) is 48.5 Å². The zero-order valence-electron chi connectivity index (χ0n) is 12.5. The lowest BCUT2D eigenvalue weighted by Crippen LogP contribution is -2.24. The van der Waals surface area contributed by atoms with E-state index in [4.69, 9.17) is 5.73 Å². The van der Waals surface area contributed by atoms with E-state index in [-0.39, 0.29) is 24.0 Å². The van der Waals surface area contributed by atoms with Crippen LogP contribution in [0.4, 0.5) is 5.69 Å². The highest BCUT2D eigenvalue weighted by molar-refractivity contribution is 14.0. The Kier molecular flexibility index (Phi) is 5.83. The lowest BCUT2D eigenvalue weighted by molar-refractivity contribution is 0.522. The van der Waals surface area contributed by atoms with Gasteiger partial charge in [-0.05, 0) is 42.4 Å². The molecule has 3 N–H and O–H groups in total. The summed E-state index contributed by atoms with van der Waals surface area (Å²) >= 11 is 0. The topological polar surface area (TPSA) is 50.4 Å². The first-order valence-corrected chi connectivity index (χ1v) is 7.42. The molecule has 0 aromatic heterocycles. The van der Waals surface area contributed by atoms with Crippen molar-refractivity contribution in [2.24, 2.45) is 16.1 Å². The maximum atomic E-state index is 5.97. The number of hydrogen-bond acceptors (Lipinski definition) is 1. The average molecular weight is 407 g/mol. The van der Waals surface area contributed by atoms with Gasteiger partial charge < -0.3 is 11.1 Å². The van der Waals surface area contributed by atoms with Crippen molar-refractivity contribution in [2.75, 3.05) is 11.9 Å². The molecule has 0 heterocycles. The molecule has 0 atom stereocenters. The Morgan fingerprint density at radius 3 is 2.18 bits per heavy atom. The highest BCUT2D eigenvalue weighted by Gasteiger charge is 2.42. The van der Waals surface area contributed by atoms with Crippen molar-refractivity contribution in [1.29, 1.82) is 0 Å². The molecule has 4 heteroatoms. The predicted molar refractivity (Wildman–Crippen MR) is 104 cm³/mol. The first-order chi connectivity index (χ1) is 10.3. The molecular formula is C18H22IN3. The SMILES string of the molecule is I.NC(=NCC1(Cc2ccccc2)CC1)Nc1ccccc1. The molecule has 0 spiro atoms. The third-order valence-electron chi connectivity index (χ3n) is 4.01. The molecule has 22 heavy (non-hydrogen) atoms. The molecule has 0 radical (unpaired) electrons. The van der Waals surface area contributed by atoms with Crippen molar-refractivity contribution in [3.05, 3.63) is 66.2 Å². The first kappa shape index (κ1) is 16.8. The van der Waals surface area contributed by atoms with Crippen molar-refractivity contribution < 1.29 is 0 Å². The van der Waals surface area contributed by atoms with Crippen molar-refractivity contribution in [2.45, 2.75) is 19.3 Å². The quantitative estimate of drug-likeness (QED) is 0.446. The summed E-state index contributed by atoms with van der Waals surface area (Å²) in [6.45, 7) is 0.799. The van der Waals surface area contributed by atoms with Gasteiger partial charge in [0.2, 0.25) is 0 Å². The summed E-state index contributed by atoms with van der Waals surface area (Å²) in [5.74, 6) is 0.500. The molecule has 0 amide bonds. The van der Waals surface area contributed by atoms with Crippen LogP contribution in [0.1, 0.15) is 18.4 Å². The number of aliphatic imine (C=N–C) groups is 1. The van der Waals surface area contributed by atoms with Gasteiger partial charge in [-0.3, -0.25) is 4.99 Å². The number of nitrogens with two attached hydrogens (primary N) is 1. The van der Waals surface area contributed by atoms with Crippen molar-refractivity contribution >= 4 is 35.6 Å². The van der Waals surface area contributed by atoms with E-state index in [9.17, 15) is 0 Å². The van der Waals surface area contributed by atoms with Crippen LogP contribution in [0.2, 0.25) is 0 Å². The highest BCUT2D eigenvalue weighted by Crippen LogP contribution is 2.48. The number of anilines is 1. The second-order valence-electron chi connectivity index (χ2n) is 5.85. The molecular weight excluding hydrogens is 385 g/mol. The summed E-state index contributed by atoms with van der Waals surface area (Å²) in [6.07, 6.45) is 3.57. The summed E-state index contributed by atoms with van der Waals surface area (Å²) < 4.78 is 0. The Morgan fingerprint density at radius 2 is 1.59 bits per heavy atom. The minimum atomic E-state index is 0. The number of halogens is 1. The molecule has 1 aliphatic carbocycles. The Morgan fingerprint density at radius 1 is 1.00 bits per heavy atom. The third kappa shape index (κ3) is 4.73. The van der Waals surface area contributed by atoms with Gasteiger partial charge in [0.05, 0.1) is 0 Å². The Bertz CT molecular complexity index is 607. The van der Waals surface area contributed by atoms with E-state index in [1.807, 2.05) is 30.3 Å². The molecule has 1 aliphatic rings. The molecule has 2 aromatic rings. The smallest absolute Gasteiger partial charge is 0.193 e. The van der Waals surface area contributed by atoms with Crippen LogP contribution in [0, 0.1) is 5.41 Å². The fourth-order valence-corrected chi connectivity index (χ4v) is 2.56. The van der Waals surface area contributed by atoms with Crippen LogP contribution < -0.4 is 11.1 Å². The van der Waals surface area contributed by atoms with Crippen LogP contribution in [-0.4, -0.2) is 12.5 Å². The number of hydrogen-bond donors (Lipinski definition) is 2. The second kappa shape index (κ2) is 7.63. The Balaban J connectivity index is 0.00000176. The minimum Gasteiger partial charge on any atom is -0.370 e. The minimum absolute atomic E-state index is 0. The van der Waals surface area contributed by atoms with E-state index >= 15 is 0 Å². The summed E-state index contributed by atoms with van der Waals surface area (Å²) in [5, 5.41) is 3.13. The van der Waals surface area contributed by atoms with E-state index in [0.29, 0.717) is 11.4 Å². The average Bonchev–Trinajstić information content (AvgIpc) is 3.27. The van der Waals surface area contributed by atoms with Gasteiger partial charge in [0, 0.05) is 12.2 Å². The molecule has 1 saturated carbocycles. The number of para-hydroxylation sites is 1. The summed E-state index contributed by atoms with van der Waals surface area (Å²) in [4.78, 5) is 4.53. The molecule has 0 bridgehead atoms. The zero-order valence-corrected chi connectivity index (χ0v) is 14.9. The maximum Gasteiger partial charge on any atom is 0.193 e. The van der Waals surface area contributed by atoms with Crippen molar-refractivity contribution in [1.82, 2.24) is 0 Å². The van der Waals surface area contributed by atoms with E-state index in [1.165, 1.54) is 18.4 Å². The van der Waals surface area contributed by atoms with E-state index < -0.39 is 0 Å². The molecule has 0 aliphatic heterocycles. The van der Waals surface area contributed by atoms with E-state index in [1.54, 1.807) is 0 Å². The Hall–Kier alpha value is -1.56. The normalized spacial score (nSPS) is 15.7. The lowest BCUT2D eigenvalue weighted by atomic mass is 9.97. The van der Waals surface area contributed by atoms with Gasteiger partial charge in [0.15, 0.2) is 5.96 Å². The number of nitrogens with zero attached hydrogens (tertiary/aromatic N) is 1. The lowest BCUT2D eigenvalue weighted by Gasteiger charge is -2.13. The number of rotatable bonds is 5. The standard InChI is InChI=1S/C18H21N3.HI/c19-17(21-16-9-5-2-6-10-16)20-14-18(11-12-18)13-15-7-3-1-4-8-15;/h1-10H,11-14H2,(H3,19,20,21);1H. The number of guanidine groups is 1. The summed E-state index contributed by atoms with van der Waals surface area (Å²) in [7, 11) is 0. The molecule has 0 saturated heterocycles. The largest absolute Gasteiger partial charge is 0.370 e. The van der Waals surface area contributed by atoms with Crippen molar-refractivity contribution in [3.8, 4) is 0 Å². The highest BCUT2D eigenvalue weighted by atomic mass is 127.